The van der Waals surface area contributed by atoms with Crippen molar-refractivity contribution >= 4 is 23.6 Å². The molecule has 2 amide bonds. The number of piperidine rings is 1. The molecule has 2 aliphatic rings. The Balaban J connectivity index is 1.81. The predicted molar refractivity (Wildman–Crippen MR) is 92.3 cm³/mol. The summed E-state index contributed by atoms with van der Waals surface area (Å²) < 4.78 is 38.2. The summed E-state index contributed by atoms with van der Waals surface area (Å²) in [6, 6.07) is 4.31. The van der Waals surface area contributed by atoms with Crippen LogP contribution in [0.15, 0.2) is 24.3 Å². The minimum Gasteiger partial charge on any atom is -0.480 e. The summed E-state index contributed by atoms with van der Waals surface area (Å²) in [6.07, 6.45) is -2.70. The van der Waals surface area contributed by atoms with E-state index < -0.39 is 53.2 Å². The Labute approximate surface area is 163 Å². The normalized spacial score (nSPS) is 21.1. The van der Waals surface area contributed by atoms with Gasteiger partial charge in [-0.2, -0.15) is 13.2 Å². The molecule has 0 bridgehead atoms. The summed E-state index contributed by atoms with van der Waals surface area (Å²) in [6.45, 7) is -0.676. The third-order valence-corrected chi connectivity index (χ3v) is 5.48. The van der Waals surface area contributed by atoms with Crippen molar-refractivity contribution in [2.75, 3.05) is 13.1 Å². The number of carbonyl (C=O) groups is 4. The molecule has 1 atom stereocenters. The molecule has 10 heteroatoms. The minimum absolute atomic E-state index is 0.0469. The maximum Gasteiger partial charge on any atom is 0.416 e. The number of carboxylic acids is 1. The highest BCUT2D eigenvalue weighted by atomic mass is 19.4. The second kappa shape index (κ2) is 7.49. The third kappa shape index (κ3) is 4.10. The molecule has 1 heterocycles. The number of carboxylic acid groups (broad SMARTS) is 1. The number of halogens is 3. The molecule has 1 saturated carbocycles. The number of hydrogen-bond acceptors (Lipinski definition) is 4. The van der Waals surface area contributed by atoms with Crippen LogP contribution in [0.25, 0.3) is 0 Å². The number of ketones is 1. The first kappa shape index (κ1) is 20.8. The van der Waals surface area contributed by atoms with Gasteiger partial charge in [0.25, 0.3) is 0 Å². The molecule has 1 aromatic carbocycles. The van der Waals surface area contributed by atoms with Crippen LogP contribution in [0.3, 0.4) is 0 Å². The summed E-state index contributed by atoms with van der Waals surface area (Å²) in [7, 11) is 0. The molecular weight excluding hydrogens is 393 g/mol. The molecule has 156 valence electrons. The zero-order valence-electron chi connectivity index (χ0n) is 15.3. The first-order chi connectivity index (χ1) is 13.5. The average Bonchev–Trinajstić information content (AvgIpc) is 2.60. The van der Waals surface area contributed by atoms with Crippen LogP contribution in [0.2, 0.25) is 0 Å². The lowest BCUT2D eigenvalue weighted by atomic mass is 9.61. The quantitative estimate of drug-likeness (QED) is 0.715. The zero-order chi connectivity index (χ0) is 21.4. The number of amides is 2. The molecule has 0 aromatic heterocycles. The summed E-state index contributed by atoms with van der Waals surface area (Å²) in [5.74, 6) is -5.20. The summed E-state index contributed by atoms with van der Waals surface area (Å²) in [5, 5.41) is 10.8. The Bertz CT molecular complexity index is 846. The van der Waals surface area contributed by atoms with Crippen molar-refractivity contribution in [1.29, 1.82) is 0 Å². The number of nitrogens with zero attached hydrogens (tertiary/aromatic N) is 1. The second-order valence-corrected chi connectivity index (χ2v) is 7.43. The number of Topliss-reactive ketones (excluding diaryl/α,β-unsaturated/α-hetero) is 1. The zero-order valence-corrected chi connectivity index (χ0v) is 15.3. The van der Waals surface area contributed by atoms with Gasteiger partial charge in [0.1, 0.15) is 6.54 Å². The third-order valence-electron chi connectivity index (χ3n) is 5.48. The fourth-order valence-corrected chi connectivity index (χ4v) is 3.78. The van der Waals surface area contributed by atoms with Crippen molar-refractivity contribution in [2.24, 2.45) is 11.3 Å². The smallest absolute Gasteiger partial charge is 0.416 e. The van der Waals surface area contributed by atoms with Crippen LogP contribution < -0.4 is 5.32 Å². The Morgan fingerprint density at radius 1 is 1.17 bits per heavy atom. The van der Waals surface area contributed by atoms with Gasteiger partial charge in [-0.25, -0.2) is 0 Å². The van der Waals surface area contributed by atoms with Gasteiger partial charge in [0.2, 0.25) is 11.8 Å². The largest absolute Gasteiger partial charge is 0.480 e. The van der Waals surface area contributed by atoms with Crippen molar-refractivity contribution in [3.63, 3.8) is 0 Å². The number of nitrogens with one attached hydrogen (secondary N) is 1. The number of alkyl halides is 3. The fourth-order valence-electron chi connectivity index (χ4n) is 3.78. The number of aliphatic carboxylic acids is 1. The maximum atomic E-state index is 12.8. The molecule has 1 spiro atoms. The number of carbonyl (C=O) groups excluding carboxylic acids is 3. The maximum absolute atomic E-state index is 12.8. The molecule has 0 radical (unpaired) electrons. The number of rotatable bonds is 5. The van der Waals surface area contributed by atoms with E-state index in [0.29, 0.717) is 18.4 Å². The van der Waals surface area contributed by atoms with Gasteiger partial charge in [0.15, 0.2) is 11.7 Å². The monoisotopic (exact) mass is 412 g/mol. The molecule has 2 fully saturated rings. The fraction of sp³-hybridized carbons (Fsp3) is 0.474. The Morgan fingerprint density at radius 2 is 1.79 bits per heavy atom. The van der Waals surface area contributed by atoms with Crippen LogP contribution in [-0.2, 0) is 31.9 Å². The average molecular weight is 412 g/mol. The van der Waals surface area contributed by atoms with E-state index in [9.17, 15) is 32.3 Å². The van der Waals surface area contributed by atoms with Gasteiger partial charge in [-0.1, -0.05) is 18.6 Å². The second-order valence-electron chi connectivity index (χ2n) is 7.43. The van der Waals surface area contributed by atoms with Crippen molar-refractivity contribution in [3.8, 4) is 0 Å². The first-order valence-corrected chi connectivity index (χ1v) is 9.02. The van der Waals surface area contributed by atoms with Crippen LogP contribution in [0.5, 0.6) is 0 Å². The van der Waals surface area contributed by atoms with Crippen molar-refractivity contribution in [1.82, 2.24) is 10.2 Å². The molecule has 1 aliphatic heterocycles. The molecular formula is C19H19F3N2O5. The van der Waals surface area contributed by atoms with Crippen LogP contribution in [0.1, 0.15) is 30.4 Å². The van der Waals surface area contributed by atoms with E-state index in [2.05, 4.69) is 5.32 Å². The van der Waals surface area contributed by atoms with Crippen molar-refractivity contribution < 1.29 is 37.5 Å². The topological polar surface area (TPSA) is 104 Å². The highest BCUT2D eigenvalue weighted by Crippen LogP contribution is 2.47. The molecule has 1 unspecified atom stereocenters. The van der Waals surface area contributed by atoms with Gasteiger partial charge in [-0.15, -0.1) is 0 Å². The minimum atomic E-state index is -4.48. The van der Waals surface area contributed by atoms with Crippen LogP contribution in [0.4, 0.5) is 13.2 Å². The lowest BCUT2D eigenvalue weighted by Gasteiger charge is -2.49. The van der Waals surface area contributed by atoms with Crippen LogP contribution in [-0.4, -0.2) is 46.7 Å². The van der Waals surface area contributed by atoms with Gasteiger partial charge >= 0.3 is 12.1 Å². The number of likely N-dealkylation sites (tertiary alicyclic amines) is 1. The van der Waals surface area contributed by atoms with E-state index in [-0.39, 0.29) is 13.1 Å². The standard InChI is InChI=1S/C19H19F3N2O5/c20-19(21,22)12-4-2-11(3-5-12)9-24-10-18(6-1-7-18)15(27)14(17(24)29)16(28)23-8-13(25)26/h2-5,14H,1,6-10H2,(H,23,28)(H,25,26). The first-order valence-electron chi connectivity index (χ1n) is 9.02. The summed E-state index contributed by atoms with van der Waals surface area (Å²) in [5.41, 5.74) is -1.24. The highest BCUT2D eigenvalue weighted by Gasteiger charge is 2.56. The summed E-state index contributed by atoms with van der Waals surface area (Å²) in [4.78, 5) is 49.9. The molecule has 1 aliphatic carbocycles. The van der Waals surface area contributed by atoms with Crippen molar-refractivity contribution in [3.05, 3.63) is 35.4 Å². The van der Waals surface area contributed by atoms with E-state index in [0.717, 1.165) is 18.6 Å². The van der Waals surface area contributed by atoms with Crippen LogP contribution >= 0.6 is 0 Å². The van der Waals surface area contributed by atoms with E-state index in [1.807, 2.05) is 0 Å². The molecule has 7 nitrogen and oxygen atoms in total. The molecule has 3 rings (SSSR count). The van der Waals surface area contributed by atoms with Crippen LogP contribution in [0, 0.1) is 11.3 Å². The SMILES string of the molecule is O=C(O)CNC(=O)C1C(=O)N(Cc2ccc(C(F)(F)F)cc2)CC2(CCC2)C1=O. The number of hydrogen-bond donors (Lipinski definition) is 2. The lowest BCUT2D eigenvalue weighted by Crippen LogP contribution is -2.62. The lowest BCUT2D eigenvalue weighted by molar-refractivity contribution is -0.164. The van der Waals surface area contributed by atoms with Gasteiger partial charge in [0, 0.05) is 18.5 Å². The van der Waals surface area contributed by atoms with E-state index in [4.69, 9.17) is 5.11 Å². The Hall–Kier alpha value is -2.91. The van der Waals surface area contributed by atoms with Gasteiger partial charge in [-0.3, -0.25) is 19.2 Å². The molecule has 1 aromatic rings. The van der Waals surface area contributed by atoms with E-state index >= 15 is 0 Å². The predicted octanol–water partition coefficient (Wildman–Crippen LogP) is 1.60. The highest BCUT2D eigenvalue weighted by molar-refractivity contribution is 6.21. The Morgan fingerprint density at radius 3 is 2.28 bits per heavy atom. The van der Waals surface area contributed by atoms with Gasteiger partial charge in [-0.05, 0) is 30.5 Å². The van der Waals surface area contributed by atoms with Gasteiger partial charge in [0.05, 0.1) is 5.56 Å². The summed E-state index contributed by atoms with van der Waals surface area (Å²) >= 11 is 0. The van der Waals surface area contributed by atoms with E-state index in [1.165, 1.54) is 17.0 Å². The number of benzene rings is 1. The Kier molecular flexibility index (Phi) is 5.38. The molecule has 2 N–H and O–H groups in total. The van der Waals surface area contributed by atoms with E-state index in [1.54, 1.807) is 0 Å². The van der Waals surface area contributed by atoms with Crippen molar-refractivity contribution in [2.45, 2.75) is 32.0 Å². The molecule has 29 heavy (non-hydrogen) atoms. The molecule has 1 saturated heterocycles. The van der Waals surface area contributed by atoms with Gasteiger partial charge < -0.3 is 15.3 Å².